The maximum absolute atomic E-state index is 13.9. The Labute approximate surface area is 143 Å². The van der Waals surface area contributed by atoms with Crippen molar-refractivity contribution in [1.29, 1.82) is 0 Å². The molecule has 0 saturated carbocycles. The number of hydrogen-bond donors (Lipinski definition) is 1. The number of carbonyl (C=O) groups is 1. The van der Waals surface area contributed by atoms with Crippen LogP contribution in [0.1, 0.15) is 31.7 Å². The van der Waals surface area contributed by atoms with E-state index < -0.39 is 0 Å². The minimum Gasteiger partial charge on any atom is -0.338 e. The number of fused-ring (bicyclic) bond motifs is 2. The lowest BCUT2D eigenvalue weighted by molar-refractivity contribution is 0.180. The molecule has 24 heavy (non-hydrogen) atoms. The third-order valence-electron chi connectivity index (χ3n) is 5.25. The molecular formula is C19H26FN3O. The zero-order valence-electron chi connectivity index (χ0n) is 14.4. The Morgan fingerprint density at radius 1 is 1.42 bits per heavy atom. The van der Waals surface area contributed by atoms with Gasteiger partial charge in [-0.1, -0.05) is 13.0 Å². The quantitative estimate of drug-likeness (QED) is 0.860. The molecule has 0 atom stereocenters. The van der Waals surface area contributed by atoms with Crippen LogP contribution in [0.5, 0.6) is 0 Å². The molecule has 3 rings (SSSR count). The lowest BCUT2D eigenvalue weighted by Crippen LogP contribution is -2.47. The van der Waals surface area contributed by atoms with Crippen molar-refractivity contribution in [1.82, 2.24) is 10.2 Å². The number of halogens is 1. The molecule has 1 spiro atoms. The fraction of sp³-hybridized carbons (Fsp3) is 0.526. The van der Waals surface area contributed by atoms with Gasteiger partial charge in [-0.25, -0.2) is 9.18 Å². The van der Waals surface area contributed by atoms with Crippen LogP contribution in [0.25, 0.3) is 0 Å². The first-order chi connectivity index (χ1) is 11.6. The highest BCUT2D eigenvalue weighted by molar-refractivity contribution is 5.95. The average molecular weight is 331 g/mol. The summed E-state index contributed by atoms with van der Waals surface area (Å²) in [6.45, 7) is 9.92. The Kier molecular flexibility index (Phi) is 4.90. The predicted octanol–water partition coefficient (Wildman–Crippen LogP) is 3.28. The molecule has 0 aromatic heterocycles. The standard InChI is InChI=1S/C19H26FN3O/c1-3-9-21-18(24)23-14-19(7-11-22(10-4-2)12-8-19)16-13-15(20)5-6-17(16)23/h4-6,13H,2-3,7-12,14H2,1H3,(H,21,24). The number of nitrogens with zero attached hydrogens (tertiary/aromatic N) is 2. The van der Waals surface area contributed by atoms with Crippen LogP contribution < -0.4 is 10.2 Å². The summed E-state index contributed by atoms with van der Waals surface area (Å²) in [7, 11) is 0. The Balaban J connectivity index is 1.86. The number of likely N-dealkylation sites (tertiary alicyclic amines) is 1. The number of nitrogens with one attached hydrogen (secondary N) is 1. The molecule has 0 unspecified atom stereocenters. The maximum Gasteiger partial charge on any atom is 0.321 e. The second kappa shape index (κ2) is 6.93. The molecule has 2 aliphatic rings. The average Bonchev–Trinajstić information content (AvgIpc) is 2.89. The fourth-order valence-electron chi connectivity index (χ4n) is 3.92. The largest absolute Gasteiger partial charge is 0.338 e. The van der Waals surface area contributed by atoms with E-state index in [9.17, 15) is 9.18 Å². The highest BCUT2D eigenvalue weighted by atomic mass is 19.1. The number of benzene rings is 1. The number of amides is 2. The van der Waals surface area contributed by atoms with Crippen molar-refractivity contribution in [2.45, 2.75) is 31.6 Å². The first-order valence-electron chi connectivity index (χ1n) is 8.78. The molecule has 1 saturated heterocycles. The molecule has 130 valence electrons. The number of hydrogen-bond acceptors (Lipinski definition) is 2. The summed E-state index contributed by atoms with van der Waals surface area (Å²) in [6, 6.07) is 4.76. The Morgan fingerprint density at radius 3 is 2.83 bits per heavy atom. The van der Waals surface area contributed by atoms with Crippen LogP contribution in [0.4, 0.5) is 14.9 Å². The van der Waals surface area contributed by atoms with Gasteiger partial charge < -0.3 is 5.32 Å². The minimum atomic E-state index is -0.225. The minimum absolute atomic E-state index is 0.0740. The molecule has 1 N–H and O–H groups in total. The summed E-state index contributed by atoms with van der Waals surface area (Å²) in [5, 5.41) is 2.95. The first kappa shape index (κ1) is 17.0. The van der Waals surface area contributed by atoms with E-state index in [1.807, 2.05) is 13.0 Å². The molecule has 0 bridgehead atoms. The third-order valence-corrected chi connectivity index (χ3v) is 5.25. The highest BCUT2D eigenvalue weighted by Gasteiger charge is 2.46. The number of carbonyl (C=O) groups excluding carboxylic acids is 1. The van der Waals surface area contributed by atoms with Crippen molar-refractivity contribution < 1.29 is 9.18 Å². The van der Waals surface area contributed by atoms with Gasteiger partial charge in [-0.05, 0) is 56.1 Å². The van der Waals surface area contributed by atoms with Crippen LogP contribution in [0, 0.1) is 5.82 Å². The number of urea groups is 1. The SMILES string of the molecule is C=CCN1CCC2(CC1)CN(C(=O)NCCC)c1ccc(F)cc12. The van der Waals surface area contributed by atoms with E-state index in [2.05, 4.69) is 16.8 Å². The molecule has 1 aromatic carbocycles. The lowest BCUT2D eigenvalue weighted by atomic mass is 9.74. The molecule has 2 aliphatic heterocycles. The lowest BCUT2D eigenvalue weighted by Gasteiger charge is -2.39. The van der Waals surface area contributed by atoms with E-state index in [1.165, 1.54) is 6.07 Å². The summed E-state index contributed by atoms with van der Waals surface area (Å²) in [5.74, 6) is -0.225. The van der Waals surface area contributed by atoms with E-state index in [4.69, 9.17) is 0 Å². The maximum atomic E-state index is 13.9. The van der Waals surface area contributed by atoms with Crippen LogP contribution in [-0.4, -0.2) is 43.7 Å². The molecule has 1 fully saturated rings. The smallest absolute Gasteiger partial charge is 0.321 e. The van der Waals surface area contributed by atoms with E-state index in [-0.39, 0.29) is 17.3 Å². The molecule has 4 nitrogen and oxygen atoms in total. The van der Waals surface area contributed by atoms with Gasteiger partial charge in [-0.2, -0.15) is 0 Å². The van der Waals surface area contributed by atoms with E-state index in [1.54, 1.807) is 17.0 Å². The summed E-state index contributed by atoms with van der Waals surface area (Å²) in [4.78, 5) is 16.7. The highest BCUT2D eigenvalue weighted by Crippen LogP contribution is 2.47. The van der Waals surface area contributed by atoms with Crippen LogP contribution in [0.15, 0.2) is 30.9 Å². The second-order valence-corrected chi connectivity index (χ2v) is 6.85. The van der Waals surface area contributed by atoms with Crippen molar-refractivity contribution in [3.8, 4) is 0 Å². The molecular weight excluding hydrogens is 305 g/mol. The van der Waals surface area contributed by atoms with Crippen LogP contribution in [-0.2, 0) is 5.41 Å². The topological polar surface area (TPSA) is 35.6 Å². The zero-order chi connectivity index (χ0) is 17.2. The van der Waals surface area contributed by atoms with Gasteiger partial charge in [0.15, 0.2) is 0 Å². The van der Waals surface area contributed by atoms with Gasteiger partial charge in [0.1, 0.15) is 5.82 Å². The molecule has 0 aliphatic carbocycles. The Hall–Kier alpha value is -1.88. The van der Waals surface area contributed by atoms with Crippen molar-refractivity contribution in [3.63, 3.8) is 0 Å². The number of piperidine rings is 1. The van der Waals surface area contributed by atoms with Gasteiger partial charge in [0.2, 0.25) is 0 Å². The van der Waals surface area contributed by atoms with Crippen molar-refractivity contribution in [2.75, 3.05) is 37.6 Å². The molecule has 1 aromatic rings. The summed E-state index contributed by atoms with van der Waals surface area (Å²) in [5.41, 5.74) is 1.73. The van der Waals surface area contributed by atoms with Crippen molar-refractivity contribution in [3.05, 3.63) is 42.2 Å². The molecule has 0 radical (unpaired) electrons. The Morgan fingerprint density at radius 2 is 2.17 bits per heavy atom. The molecule has 2 amide bonds. The number of anilines is 1. The monoisotopic (exact) mass is 331 g/mol. The van der Waals surface area contributed by atoms with Crippen molar-refractivity contribution >= 4 is 11.7 Å². The van der Waals surface area contributed by atoms with Gasteiger partial charge >= 0.3 is 6.03 Å². The van der Waals surface area contributed by atoms with Crippen LogP contribution >= 0.6 is 0 Å². The van der Waals surface area contributed by atoms with Gasteiger partial charge in [-0.15, -0.1) is 6.58 Å². The normalized spacial score (nSPS) is 19.3. The van der Waals surface area contributed by atoms with Crippen LogP contribution in [0.3, 0.4) is 0 Å². The van der Waals surface area contributed by atoms with Crippen molar-refractivity contribution in [2.24, 2.45) is 0 Å². The number of rotatable bonds is 4. The Bertz CT molecular complexity index is 623. The zero-order valence-corrected chi connectivity index (χ0v) is 14.4. The second-order valence-electron chi connectivity index (χ2n) is 6.85. The first-order valence-corrected chi connectivity index (χ1v) is 8.78. The van der Waals surface area contributed by atoms with Crippen LogP contribution in [0.2, 0.25) is 0 Å². The summed E-state index contributed by atoms with van der Waals surface area (Å²) in [6.07, 6.45) is 4.70. The summed E-state index contributed by atoms with van der Waals surface area (Å²) >= 11 is 0. The van der Waals surface area contributed by atoms with Gasteiger partial charge in [0.05, 0.1) is 0 Å². The van der Waals surface area contributed by atoms with Gasteiger partial charge in [0, 0.05) is 30.7 Å². The van der Waals surface area contributed by atoms with Gasteiger partial charge in [-0.3, -0.25) is 9.80 Å². The van der Waals surface area contributed by atoms with E-state index in [0.29, 0.717) is 13.1 Å². The molecule has 2 heterocycles. The van der Waals surface area contributed by atoms with E-state index >= 15 is 0 Å². The molecule has 5 heteroatoms. The summed E-state index contributed by atoms with van der Waals surface area (Å²) < 4.78 is 13.9. The predicted molar refractivity (Wildman–Crippen MR) is 95.0 cm³/mol. The third kappa shape index (κ3) is 3.05. The van der Waals surface area contributed by atoms with E-state index in [0.717, 1.165) is 50.1 Å². The fourth-order valence-corrected chi connectivity index (χ4v) is 3.92. The van der Waals surface area contributed by atoms with Gasteiger partial charge in [0.25, 0.3) is 0 Å².